The van der Waals surface area contributed by atoms with Crippen molar-refractivity contribution in [2.75, 3.05) is 16.4 Å². The van der Waals surface area contributed by atoms with Gasteiger partial charge in [0.25, 0.3) is 0 Å². The Hall–Kier alpha value is -4.11. The van der Waals surface area contributed by atoms with E-state index in [1.165, 1.54) is 19.1 Å². The van der Waals surface area contributed by atoms with Crippen LogP contribution >= 0.6 is 15.9 Å². The van der Waals surface area contributed by atoms with Crippen molar-refractivity contribution in [1.29, 1.82) is 0 Å². The average molecular weight is 566 g/mol. The van der Waals surface area contributed by atoms with Crippen LogP contribution in [-0.4, -0.2) is 22.9 Å². The highest BCUT2D eigenvalue weighted by Gasteiger charge is 2.20. The highest BCUT2D eigenvalue weighted by molar-refractivity contribution is 9.10. The summed E-state index contributed by atoms with van der Waals surface area (Å²) < 4.78 is 6.39. The number of halogens is 1. The molecule has 3 aromatic rings. The zero-order chi connectivity index (χ0) is 26.8. The Bertz CT molecular complexity index is 1290. The Morgan fingerprint density at radius 1 is 1.05 bits per heavy atom. The summed E-state index contributed by atoms with van der Waals surface area (Å²) in [5.41, 5.74) is 8.32. The normalized spacial score (nSPS) is 11.6. The van der Waals surface area contributed by atoms with E-state index < -0.39 is 12.2 Å². The predicted octanol–water partition coefficient (Wildman–Crippen LogP) is 6.59. The number of hydrogen-bond acceptors (Lipinski definition) is 6. The van der Waals surface area contributed by atoms with Crippen molar-refractivity contribution >= 4 is 50.8 Å². The third-order valence-electron chi connectivity index (χ3n) is 5.45. The summed E-state index contributed by atoms with van der Waals surface area (Å²) in [5.74, 6) is -0.372. The SMILES string of the molecule is CC(=O)c1ccc(NC(=O)O[C@@H](CCC/C=C/C(=O)Nc2ccccc2N)c2cc(Br)ccc2O)cc1. The molecule has 0 aromatic heterocycles. The second-order valence-electron chi connectivity index (χ2n) is 8.27. The number of unbranched alkanes of at least 4 members (excludes halogenated alkanes) is 1. The molecule has 0 bridgehead atoms. The van der Waals surface area contributed by atoms with E-state index >= 15 is 0 Å². The Kier molecular flexibility index (Phi) is 9.85. The number of carbonyl (C=O) groups excluding carboxylic acids is 3. The monoisotopic (exact) mass is 565 g/mol. The molecule has 192 valence electrons. The number of nitrogens with two attached hydrogens (primary N) is 1. The number of ketones is 1. The van der Waals surface area contributed by atoms with Crippen molar-refractivity contribution in [3.05, 3.63) is 94.5 Å². The molecule has 5 N–H and O–H groups in total. The topological polar surface area (TPSA) is 131 Å². The summed E-state index contributed by atoms with van der Waals surface area (Å²) in [6.07, 6.45) is 3.24. The molecule has 0 aliphatic rings. The third-order valence-corrected chi connectivity index (χ3v) is 5.94. The molecular weight excluding hydrogens is 538 g/mol. The summed E-state index contributed by atoms with van der Waals surface area (Å²) in [6, 6.07) is 18.4. The number of anilines is 3. The van der Waals surface area contributed by atoms with Gasteiger partial charge in [0, 0.05) is 21.3 Å². The number of para-hydroxylation sites is 2. The fourth-order valence-corrected chi connectivity index (χ4v) is 3.90. The molecule has 0 heterocycles. The van der Waals surface area contributed by atoms with E-state index in [-0.39, 0.29) is 17.4 Å². The molecule has 0 spiro atoms. The summed E-state index contributed by atoms with van der Waals surface area (Å²) >= 11 is 3.38. The van der Waals surface area contributed by atoms with E-state index in [9.17, 15) is 19.5 Å². The second kappa shape index (κ2) is 13.3. The van der Waals surface area contributed by atoms with Gasteiger partial charge in [-0.3, -0.25) is 14.9 Å². The van der Waals surface area contributed by atoms with Crippen LogP contribution in [0.1, 0.15) is 48.2 Å². The quantitative estimate of drug-likeness (QED) is 0.0948. The number of nitrogens with one attached hydrogen (secondary N) is 2. The fraction of sp³-hybridized carbons (Fsp3) is 0.179. The second-order valence-corrected chi connectivity index (χ2v) is 9.18. The molecule has 0 aliphatic carbocycles. The molecule has 9 heteroatoms. The van der Waals surface area contributed by atoms with E-state index in [1.54, 1.807) is 66.7 Å². The Balaban J connectivity index is 1.60. The molecule has 37 heavy (non-hydrogen) atoms. The van der Waals surface area contributed by atoms with E-state index in [0.717, 1.165) is 4.47 Å². The minimum atomic E-state index is -0.736. The summed E-state index contributed by atoms with van der Waals surface area (Å²) in [7, 11) is 0. The lowest BCUT2D eigenvalue weighted by Gasteiger charge is -2.20. The van der Waals surface area contributed by atoms with Crippen molar-refractivity contribution in [3.63, 3.8) is 0 Å². The van der Waals surface area contributed by atoms with Gasteiger partial charge in [0.15, 0.2) is 5.78 Å². The van der Waals surface area contributed by atoms with Gasteiger partial charge in [-0.15, -0.1) is 0 Å². The van der Waals surface area contributed by atoms with Gasteiger partial charge in [0.05, 0.1) is 11.4 Å². The van der Waals surface area contributed by atoms with E-state index in [2.05, 4.69) is 26.6 Å². The number of carbonyl (C=O) groups is 3. The van der Waals surface area contributed by atoms with E-state index in [0.29, 0.717) is 47.5 Å². The van der Waals surface area contributed by atoms with Crippen LogP contribution in [0.2, 0.25) is 0 Å². The molecule has 3 aromatic carbocycles. The van der Waals surface area contributed by atoms with Crippen LogP contribution in [0.25, 0.3) is 0 Å². The Labute approximate surface area is 223 Å². The van der Waals surface area contributed by atoms with Crippen LogP contribution < -0.4 is 16.4 Å². The first kappa shape index (κ1) is 27.5. The number of hydrogen-bond donors (Lipinski definition) is 4. The zero-order valence-electron chi connectivity index (χ0n) is 20.2. The first-order chi connectivity index (χ1) is 17.7. The van der Waals surface area contributed by atoms with Crippen molar-refractivity contribution < 1.29 is 24.2 Å². The minimum absolute atomic E-state index is 0.00202. The molecule has 0 radical (unpaired) electrons. The summed E-state index contributed by atoms with van der Waals surface area (Å²) in [4.78, 5) is 36.2. The third kappa shape index (κ3) is 8.50. The van der Waals surface area contributed by atoms with Gasteiger partial charge >= 0.3 is 6.09 Å². The number of Topliss-reactive ketones (excluding diaryl/α,β-unsaturated/α-hetero) is 1. The van der Waals surface area contributed by atoms with Crippen LogP contribution in [0.5, 0.6) is 5.75 Å². The van der Waals surface area contributed by atoms with Gasteiger partial charge in [-0.25, -0.2) is 4.79 Å². The van der Waals surface area contributed by atoms with Gasteiger partial charge in [0.1, 0.15) is 11.9 Å². The predicted molar refractivity (Wildman–Crippen MR) is 148 cm³/mol. The van der Waals surface area contributed by atoms with Crippen LogP contribution in [0.4, 0.5) is 21.9 Å². The fourth-order valence-electron chi connectivity index (χ4n) is 3.52. The molecular formula is C28H28BrN3O5. The zero-order valence-corrected chi connectivity index (χ0v) is 21.8. The molecule has 0 unspecified atom stereocenters. The average Bonchev–Trinajstić information content (AvgIpc) is 2.86. The van der Waals surface area contributed by atoms with Crippen molar-refractivity contribution in [2.45, 2.75) is 32.3 Å². The molecule has 8 nitrogen and oxygen atoms in total. The highest BCUT2D eigenvalue weighted by atomic mass is 79.9. The Morgan fingerprint density at radius 3 is 2.49 bits per heavy atom. The number of phenols is 1. The number of phenolic OH excluding ortho intramolecular Hbond substituents is 1. The summed E-state index contributed by atoms with van der Waals surface area (Å²) in [5, 5.41) is 15.8. The first-order valence-electron chi connectivity index (χ1n) is 11.6. The lowest BCUT2D eigenvalue weighted by molar-refractivity contribution is -0.111. The maximum Gasteiger partial charge on any atom is 0.412 e. The van der Waals surface area contributed by atoms with Crippen molar-refractivity contribution in [3.8, 4) is 5.75 Å². The van der Waals surface area contributed by atoms with E-state index in [1.807, 2.05) is 0 Å². The number of benzene rings is 3. The molecule has 0 saturated carbocycles. The smallest absolute Gasteiger partial charge is 0.412 e. The lowest BCUT2D eigenvalue weighted by Crippen LogP contribution is -2.18. The van der Waals surface area contributed by atoms with Gasteiger partial charge in [-0.2, -0.15) is 0 Å². The van der Waals surface area contributed by atoms with Crippen LogP contribution in [0, 0.1) is 0 Å². The van der Waals surface area contributed by atoms with Crippen LogP contribution in [0.3, 0.4) is 0 Å². The van der Waals surface area contributed by atoms with Crippen molar-refractivity contribution in [1.82, 2.24) is 0 Å². The number of allylic oxidation sites excluding steroid dienone is 1. The van der Waals surface area contributed by atoms with Crippen molar-refractivity contribution in [2.24, 2.45) is 0 Å². The highest BCUT2D eigenvalue weighted by Crippen LogP contribution is 2.33. The van der Waals surface area contributed by atoms with Gasteiger partial charge in [-0.05, 0) is 86.9 Å². The van der Waals surface area contributed by atoms with E-state index in [4.69, 9.17) is 10.5 Å². The molecule has 0 aliphatic heterocycles. The largest absolute Gasteiger partial charge is 0.508 e. The molecule has 1 atom stereocenters. The van der Waals surface area contributed by atoms with Crippen LogP contribution in [0.15, 0.2) is 83.4 Å². The van der Waals surface area contributed by atoms with Gasteiger partial charge in [-0.1, -0.05) is 34.1 Å². The number of rotatable bonds is 10. The van der Waals surface area contributed by atoms with Gasteiger partial charge < -0.3 is 20.9 Å². The first-order valence-corrected chi connectivity index (χ1v) is 12.4. The molecule has 0 fully saturated rings. The number of nitrogen functional groups attached to an aromatic ring is 1. The number of aromatic hydroxyl groups is 1. The maximum absolute atomic E-state index is 12.6. The minimum Gasteiger partial charge on any atom is -0.508 e. The summed E-state index contributed by atoms with van der Waals surface area (Å²) in [6.45, 7) is 1.46. The lowest BCUT2D eigenvalue weighted by atomic mass is 10.0. The molecule has 3 rings (SSSR count). The van der Waals surface area contributed by atoms with Gasteiger partial charge in [0.2, 0.25) is 5.91 Å². The Morgan fingerprint density at radius 2 is 1.78 bits per heavy atom. The van der Waals surface area contributed by atoms with Crippen LogP contribution in [-0.2, 0) is 9.53 Å². The molecule has 2 amide bonds. The standard InChI is InChI=1S/C28H28BrN3O5/c1-18(33)19-11-14-21(15-12-19)31-28(36)37-26(22-17-20(29)13-16-25(22)34)9-3-2-4-10-27(35)32-24-8-6-5-7-23(24)30/h4-8,10-17,26,34H,2-3,9,30H2,1H3,(H,31,36)(H,32,35)/b10-4+/t26-/m0/s1. The maximum atomic E-state index is 12.6. The number of amides is 2. The molecule has 0 saturated heterocycles. The number of ether oxygens (including phenoxy) is 1.